The molecule has 1 aromatic rings. The van der Waals surface area contributed by atoms with Gasteiger partial charge in [-0.2, -0.15) is 0 Å². The fourth-order valence-electron chi connectivity index (χ4n) is 2.10. The Hall–Kier alpha value is -1.55. The molecule has 0 aliphatic heterocycles. The lowest BCUT2D eigenvalue weighted by Gasteiger charge is -2.22. The molecule has 0 aliphatic rings. The van der Waals surface area contributed by atoms with Crippen molar-refractivity contribution in [1.82, 2.24) is 5.32 Å². The zero-order valence-corrected chi connectivity index (χ0v) is 12.9. The van der Waals surface area contributed by atoms with Crippen molar-refractivity contribution in [3.8, 4) is 0 Å². The molecule has 0 saturated heterocycles. The molecule has 1 amide bonds. The molecule has 112 valence electrons. The lowest BCUT2D eigenvalue weighted by atomic mass is 9.93. The summed E-state index contributed by atoms with van der Waals surface area (Å²) in [6.07, 6.45) is 0.559. The van der Waals surface area contributed by atoms with Crippen LogP contribution in [0.2, 0.25) is 0 Å². The van der Waals surface area contributed by atoms with Crippen molar-refractivity contribution in [1.29, 1.82) is 0 Å². The van der Waals surface area contributed by atoms with E-state index in [1.807, 2.05) is 32.9 Å². The average Bonchev–Trinajstić information content (AvgIpc) is 2.38. The Kier molecular flexibility index (Phi) is 6.02. The van der Waals surface area contributed by atoms with E-state index in [0.29, 0.717) is 13.1 Å². The topological polar surface area (TPSA) is 64.3 Å². The third kappa shape index (κ3) is 5.21. The van der Waals surface area contributed by atoms with E-state index in [9.17, 15) is 4.79 Å². The van der Waals surface area contributed by atoms with Gasteiger partial charge in [-0.05, 0) is 38.3 Å². The van der Waals surface area contributed by atoms with Crippen molar-refractivity contribution in [3.63, 3.8) is 0 Å². The van der Waals surface area contributed by atoms with Gasteiger partial charge < -0.3 is 15.8 Å². The summed E-state index contributed by atoms with van der Waals surface area (Å²) in [5.74, 6) is 0.110. The van der Waals surface area contributed by atoms with Gasteiger partial charge in [-0.25, -0.2) is 4.79 Å². The highest BCUT2D eigenvalue weighted by molar-refractivity contribution is 5.67. The number of hydrogen-bond acceptors (Lipinski definition) is 3. The van der Waals surface area contributed by atoms with E-state index in [1.54, 1.807) is 0 Å². The largest absolute Gasteiger partial charge is 0.444 e. The van der Waals surface area contributed by atoms with Crippen LogP contribution in [0.1, 0.15) is 44.7 Å². The number of hydrogen-bond donors (Lipinski definition) is 2. The van der Waals surface area contributed by atoms with Gasteiger partial charge in [0.25, 0.3) is 0 Å². The van der Waals surface area contributed by atoms with Crippen molar-refractivity contribution >= 4 is 6.09 Å². The van der Waals surface area contributed by atoms with Crippen LogP contribution in [0.15, 0.2) is 24.3 Å². The van der Waals surface area contributed by atoms with Crippen LogP contribution >= 0.6 is 0 Å². The summed E-state index contributed by atoms with van der Waals surface area (Å²) in [6, 6.07) is 8.21. The molecule has 0 bridgehead atoms. The molecule has 0 aliphatic carbocycles. The monoisotopic (exact) mass is 278 g/mol. The molecule has 1 unspecified atom stereocenters. The van der Waals surface area contributed by atoms with Crippen molar-refractivity contribution in [2.75, 3.05) is 13.1 Å². The number of carbonyl (C=O) groups excluding carboxylic acids is 1. The van der Waals surface area contributed by atoms with Crippen molar-refractivity contribution < 1.29 is 9.53 Å². The maximum Gasteiger partial charge on any atom is 0.407 e. The van der Waals surface area contributed by atoms with Crippen LogP contribution in [0.4, 0.5) is 4.79 Å². The van der Waals surface area contributed by atoms with Gasteiger partial charge in [-0.3, -0.25) is 0 Å². The van der Waals surface area contributed by atoms with Crippen molar-refractivity contribution in [2.24, 2.45) is 5.73 Å². The van der Waals surface area contributed by atoms with E-state index in [-0.39, 0.29) is 5.92 Å². The highest BCUT2D eigenvalue weighted by atomic mass is 16.6. The van der Waals surface area contributed by atoms with Crippen LogP contribution in [0.3, 0.4) is 0 Å². The summed E-state index contributed by atoms with van der Waals surface area (Å²) >= 11 is 0. The number of nitrogens with one attached hydrogen (secondary N) is 1. The number of alkyl carbamates (subject to hydrolysis) is 1. The number of benzene rings is 1. The number of rotatable bonds is 5. The first-order chi connectivity index (χ1) is 9.37. The standard InChI is InChI=1S/C16H26N2O2/c1-5-12-8-6-7-9-14(12)13(10-17)11-18-15(19)20-16(2,3)4/h6-9,13H,5,10-11,17H2,1-4H3,(H,18,19). The van der Waals surface area contributed by atoms with Gasteiger partial charge in [0.1, 0.15) is 5.60 Å². The molecule has 0 saturated carbocycles. The summed E-state index contributed by atoms with van der Waals surface area (Å²) in [5.41, 5.74) is 7.84. The van der Waals surface area contributed by atoms with Gasteiger partial charge in [-0.15, -0.1) is 0 Å². The average molecular weight is 278 g/mol. The second kappa shape index (κ2) is 7.29. The molecular weight excluding hydrogens is 252 g/mol. The smallest absolute Gasteiger partial charge is 0.407 e. The van der Waals surface area contributed by atoms with Crippen molar-refractivity contribution in [3.05, 3.63) is 35.4 Å². The van der Waals surface area contributed by atoms with E-state index in [0.717, 1.165) is 6.42 Å². The third-order valence-electron chi connectivity index (χ3n) is 3.05. The number of amides is 1. The lowest BCUT2D eigenvalue weighted by Crippen LogP contribution is -2.36. The summed E-state index contributed by atoms with van der Waals surface area (Å²) in [5, 5.41) is 2.80. The minimum absolute atomic E-state index is 0.110. The summed E-state index contributed by atoms with van der Waals surface area (Å²) in [6.45, 7) is 8.64. The number of nitrogens with two attached hydrogens (primary N) is 1. The van der Waals surface area contributed by atoms with Crippen molar-refractivity contribution in [2.45, 2.75) is 45.6 Å². The molecule has 0 aromatic heterocycles. The first kappa shape index (κ1) is 16.5. The molecule has 0 heterocycles. The quantitative estimate of drug-likeness (QED) is 0.870. The summed E-state index contributed by atoms with van der Waals surface area (Å²) in [4.78, 5) is 11.7. The minimum Gasteiger partial charge on any atom is -0.444 e. The molecule has 4 nitrogen and oxygen atoms in total. The van der Waals surface area contributed by atoms with Gasteiger partial charge >= 0.3 is 6.09 Å². The van der Waals surface area contributed by atoms with Gasteiger partial charge in [0.15, 0.2) is 0 Å². The van der Waals surface area contributed by atoms with Crippen LogP contribution in [-0.2, 0) is 11.2 Å². The normalized spacial score (nSPS) is 12.8. The van der Waals surface area contributed by atoms with Crippen LogP contribution in [0.25, 0.3) is 0 Å². The highest BCUT2D eigenvalue weighted by Crippen LogP contribution is 2.19. The Morgan fingerprint density at radius 3 is 2.55 bits per heavy atom. The van der Waals surface area contributed by atoms with Crippen LogP contribution < -0.4 is 11.1 Å². The fourth-order valence-corrected chi connectivity index (χ4v) is 2.10. The molecule has 1 rings (SSSR count). The van der Waals surface area contributed by atoms with E-state index in [2.05, 4.69) is 24.4 Å². The molecular formula is C16H26N2O2. The number of ether oxygens (including phenoxy) is 1. The van der Waals surface area contributed by atoms with E-state index in [4.69, 9.17) is 10.5 Å². The maximum absolute atomic E-state index is 11.7. The second-order valence-electron chi connectivity index (χ2n) is 5.87. The maximum atomic E-state index is 11.7. The zero-order valence-electron chi connectivity index (χ0n) is 12.9. The van der Waals surface area contributed by atoms with Gasteiger partial charge in [-0.1, -0.05) is 31.2 Å². The van der Waals surface area contributed by atoms with Gasteiger partial charge in [0, 0.05) is 19.0 Å². The molecule has 0 fully saturated rings. The SMILES string of the molecule is CCc1ccccc1C(CN)CNC(=O)OC(C)(C)C. The predicted molar refractivity (Wildman–Crippen MR) is 81.9 cm³/mol. The van der Waals surface area contributed by atoms with Crippen LogP contribution in [0, 0.1) is 0 Å². The summed E-state index contributed by atoms with van der Waals surface area (Å²) in [7, 11) is 0. The first-order valence-corrected chi connectivity index (χ1v) is 7.12. The Bertz CT molecular complexity index is 438. The highest BCUT2D eigenvalue weighted by Gasteiger charge is 2.18. The molecule has 1 atom stereocenters. The third-order valence-corrected chi connectivity index (χ3v) is 3.05. The Morgan fingerprint density at radius 1 is 1.35 bits per heavy atom. The molecule has 4 heteroatoms. The lowest BCUT2D eigenvalue weighted by molar-refractivity contribution is 0.0525. The molecule has 20 heavy (non-hydrogen) atoms. The molecule has 0 spiro atoms. The minimum atomic E-state index is -0.483. The summed E-state index contributed by atoms with van der Waals surface area (Å²) < 4.78 is 5.23. The second-order valence-corrected chi connectivity index (χ2v) is 5.87. The number of carbonyl (C=O) groups is 1. The molecule has 0 radical (unpaired) electrons. The van der Waals surface area contributed by atoms with Crippen LogP contribution in [-0.4, -0.2) is 24.8 Å². The predicted octanol–water partition coefficient (Wildman–Crippen LogP) is 2.82. The number of aryl methyl sites for hydroxylation is 1. The van der Waals surface area contributed by atoms with Gasteiger partial charge in [0.2, 0.25) is 0 Å². The Labute approximate surface area is 121 Å². The molecule has 1 aromatic carbocycles. The van der Waals surface area contributed by atoms with Gasteiger partial charge in [0.05, 0.1) is 0 Å². The van der Waals surface area contributed by atoms with Crippen LogP contribution in [0.5, 0.6) is 0 Å². The molecule has 3 N–H and O–H groups in total. The van der Waals surface area contributed by atoms with E-state index < -0.39 is 11.7 Å². The zero-order chi connectivity index (χ0) is 15.2. The Morgan fingerprint density at radius 2 is 2.00 bits per heavy atom. The van der Waals surface area contributed by atoms with E-state index in [1.165, 1.54) is 11.1 Å². The fraction of sp³-hybridized carbons (Fsp3) is 0.562. The first-order valence-electron chi connectivity index (χ1n) is 7.12. The Balaban J connectivity index is 2.66. The van der Waals surface area contributed by atoms with E-state index >= 15 is 0 Å².